The molecule has 2 N–H and O–H groups in total. The van der Waals surface area contributed by atoms with E-state index < -0.39 is 5.97 Å². The Labute approximate surface area is 76.6 Å². The fourth-order valence-electron chi connectivity index (χ4n) is 0.929. The van der Waals surface area contributed by atoms with Gasteiger partial charge in [0.15, 0.2) is 0 Å². The minimum Gasteiger partial charge on any atom is -0.481 e. The largest absolute Gasteiger partial charge is 0.481 e. The molecule has 0 spiro atoms. The Kier molecular flexibility index (Phi) is 3.92. The minimum absolute atomic E-state index is 0.158. The number of aromatic nitrogens is 1. The summed E-state index contributed by atoms with van der Waals surface area (Å²) in [5.74, 6) is -0.776. The molecule has 0 saturated heterocycles. The number of carbonyl (C=O) groups is 1. The molecular formula is C9H12N2O2. The second-order valence-electron chi connectivity index (χ2n) is 2.68. The number of rotatable bonds is 5. The molecular weight excluding hydrogens is 168 g/mol. The number of hydrogen-bond acceptors (Lipinski definition) is 3. The van der Waals surface area contributed by atoms with Gasteiger partial charge >= 0.3 is 5.97 Å². The van der Waals surface area contributed by atoms with E-state index in [0.29, 0.717) is 13.1 Å². The Balaban J connectivity index is 2.17. The van der Waals surface area contributed by atoms with Crippen LogP contribution in [0.5, 0.6) is 0 Å². The van der Waals surface area contributed by atoms with Crippen LogP contribution in [-0.4, -0.2) is 22.6 Å². The molecule has 1 aromatic rings. The van der Waals surface area contributed by atoms with Gasteiger partial charge in [-0.3, -0.25) is 9.78 Å². The van der Waals surface area contributed by atoms with E-state index in [0.717, 1.165) is 5.56 Å². The van der Waals surface area contributed by atoms with Gasteiger partial charge in [0.25, 0.3) is 0 Å². The summed E-state index contributed by atoms with van der Waals surface area (Å²) < 4.78 is 0. The maximum absolute atomic E-state index is 10.2. The molecule has 4 heteroatoms. The number of hydrogen-bond donors (Lipinski definition) is 2. The lowest BCUT2D eigenvalue weighted by molar-refractivity contribution is -0.136. The molecule has 1 rings (SSSR count). The zero-order chi connectivity index (χ0) is 9.52. The first-order valence-electron chi connectivity index (χ1n) is 4.10. The summed E-state index contributed by atoms with van der Waals surface area (Å²) in [5, 5.41) is 11.4. The standard InChI is InChI=1S/C9H12N2O2/c12-9(13)3-6-11-7-8-1-4-10-5-2-8/h1-2,4-5,11H,3,6-7H2,(H,12,13). The van der Waals surface area contributed by atoms with Crippen molar-refractivity contribution in [1.82, 2.24) is 10.3 Å². The van der Waals surface area contributed by atoms with Crippen molar-refractivity contribution in [3.63, 3.8) is 0 Å². The normalized spacial score (nSPS) is 9.85. The van der Waals surface area contributed by atoms with Crippen LogP contribution in [0.2, 0.25) is 0 Å². The Hall–Kier alpha value is -1.42. The second-order valence-corrected chi connectivity index (χ2v) is 2.68. The predicted molar refractivity (Wildman–Crippen MR) is 48.2 cm³/mol. The lowest BCUT2D eigenvalue weighted by atomic mass is 10.2. The van der Waals surface area contributed by atoms with Crippen molar-refractivity contribution in [1.29, 1.82) is 0 Å². The molecule has 0 aliphatic heterocycles. The highest BCUT2D eigenvalue weighted by Crippen LogP contribution is 1.94. The lowest BCUT2D eigenvalue weighted by Gasteiger charge is -2.01. The molecule has 4 nitrogen and oxygen atoms in total. The quantitative estimate of drug-likeness (QED) is 0.653. The summed E-state index contributed by atoms with van der Waals surface area (Å²) >= 11 is 0. The van der Waals surface area contributed by atoms with Crippen molar-refractivity contribution in [2.45, 2.75) is 13.0 Å². The number of pyridine rings is 1. The molecule has 0 aliphatic carbocycles. The number of carboxylic acids is 1. The highest BCUT2D eigenvalue weighted by molar-refractivity contribution is 5.66. The first kappa shape index (κ1) is 9.67. The highest BCUT2D eigenvalue weighted by atomic mass is 16.4. The third kappa shape index (κ3) is 4.22. The van der Waals surface area contributed by atoms with Crippen LogP contribution in [0.4, 0.5) is 0 Å². The molecule has 0 aromatic carbocycles. The summed E-state index contributed by atoms with van der Waals surface area (Å²) in [6.45, 7) is 1.19. The zero-order valence-electron chi connectivity index (χ0n) is 7.23. The van der Waals surface area contributed by atoms with Crippen LogP contribution in [0.15, 0.2) is 24.5 Å². The maximum Gasteiger partial charge on any atom is 0.304 e. The lowest BCUT2D eigenvalue weighted by Crippen LogP contribution is -2.17. The minimum atomic E-state index is -0.776. The monoisotopic (exact) mass is 180 g/mol. The van der Waals surface area contributed by atoms with Crippen molar-refractivity contribution < 1.29 is 9.90 Å². The van der Waals surface area contributed by atoms with E-state index in [1.54, 1.807) is 12.4 Å². The fraction of sp³-hybridized carbons (Fsp3) is 0.333. The Morgan fingerprint density at radius 2 is 2.15 bits per heavy atom. The van der Waals surface area contributed by atoms with Crippen LogP contribution in [0.3, 0.4) is 0 Å². The Morgan fingerprint density at radius 3 is 2.77 bits per heavy atom. The SMILES string of the molecule is O=C(O)CCNCc1ccncc1. The van der Waals surface area contributed by atoms with Gasteiger partial charge in [0.2, 0.25) is 0 Å². The van der Waals surface area contributed by atoms with Crippen molar-refractivity contribution in [2.75, 3.05) is 6.54 Å². The van der Waals surface area contributed by atoms with Gasteiger partial charge in [0.1, 0.15) is 0 Å². The zero-order valence-corrected chi connectivity index (χ0v) is 7.23. The summed E-state index contributed by atoms with van der Waals surface area (Å²) in [7, 11) is 0. The van der Waals surface area contributed by atoms with Crippen LogP contribution in [-0.2, 0) is 11.3 Å². The number of carboxylic acid groups (broad SMARTS) is 1. The molecule has 0 fully saturated rings. The average Bonchev–Trinajstić information content (AvgIpc) is 2.14. The van der Waals surface area contributed by atoms with Gasteiger partial charge in [-0.1, -0.05) is 0 Å². The molecule has 0 radical (unpaired) electrons. The molecule has 0 aliphatic rings. The van der Waals surface area contributed by atoms with E-state index in [2.05, 4.69) is 10.3 Å². The molecule has 0 bridgehead atoms. The molecule has 1 heterocycles. The van der Waals surface area contributed by atoms with Gasteiger partial charge in [0.05, 0.1) is 6.42 Å². The number of nitrogens with zero attached hydrogens (tertiary/aromatic N) is 1. The smallest absolute Gasteiger partial charge is 0.304 e. The molecule has 0 unspecified atom stereocenters. The van der Waals surface area contributed by atoms with Crippen LogP contribution < -0.4 is 5.32 Å². The van der Waals surface area contributed by atoms with E-state index in [9.17, 15) is 4.79 Å². The van der Waals surface area contributed by atoms with Crippen molar-refractivity contribution in [2.24, 2.45) is 0 Å². The summed E-state index contributed by atoms with van der Waals surface area (Å²) in [5.41, 5.74) is 1.11. The second kappa shape index (κ2) is 5.27. The van der Waals surface area contributed by atoms with E-state index >= 15 is 0 Å². The van der Waals surface area contributed by atoms with E-state index in [4.69, 9.17) is 5.11 Å². The summed E-state index contributed by atoms with van der Waals surface area (Å²) in [6.07, 6.45) is 3.59. The van der Waals surface area contributed by atoms with Gasteiger partial charge < -0.3 is 10.4 Å². The van der Waals surface area contributed by atoms with Crippen LogP contribution in [0.25, 0.3) is 0 Å². The molecule has 0 saturated carbocycles. The molecule has 13 heavy (non-hydrogen) atoms. The van der Waals surface area contributed by atoms with Crippen LogP contribution in [0.1, 0.15) is 12.0 Å². The number of nitrogens with one attached hydrogen (secondary N) is 1. The predicted octanol–water partition coefficient (Wildman–Crippen LogP) is 0.646. The Bertz CT molecular complexity index is 262. The summed E-state index contributed by atoms with van der Waals surface area (Å²) in [6, 6.07) is 3.79. The van der Waals surface area contributed by atoms with E-state index in [-0.39, 0.29) is 6.42 Å². The highest BCUT2D eigenvalue weighted by Gasteiger charge is 1.95. The van der Waals surface area contributed by atoms with Crippen LogP contribution in [0, 0.1) is 0 Å². The fourth-order valence-corrected chi connectivity index (χ4v) is 0.929. The van der Waals surface area contributed by atoms with Gasteiger partial charge in [-0.25, -0.2) is 0 Å². The third-order valence-electron chi connectivity index (χ3n) is 1.59. The average molecular weight is 180 g/mol. The van der Waals surface area contributed by atoms with Crippen LogP contribution >= 0.6 is 0 Å². The third-order valence-corrected chi connectivity index (χ3v) is 1.59. The first-order chi connectivity index (χ1) is 6.29. The topological polar surface area (TPSA) is 62.2 Å². The first-order valence-corrected chi connectivity index (χ1v) is 4.10. The number of aliphatic carboxylic acids is 1. The molecule has 1 aromatic heterocycles. The Morgan fingerprint density at radius 1 is 1.46 bits per heavy atom. The van der Waals surface area contributed by atoms with Gasteiger partial charge in [-0.05, 0) is 17.7 Å². The summed E-state index contributed by atoms with van der Waals surface area (Å²) in [4.78, 5) is 14.0. The van der Waals surface area contributed by atoms with Crippen molar-refractivity contribution >= 4 is 5.97 Å². The van der Waals surface area contributed by atoms with Crippen molar-refractivity contribution in [3.8, 4) is 0 Å². The van der Waals surface area contributed by atoms with E-state index in [1.165, 1.54) is 0 Å². The van der Waals surface area contributed by atoms with Crippen molar-refractivity contribution in [3.05, 3.63) is 30.1 Å². The molecule has 0 atom stereocenters. The van der Waals surface area contributed by atoms with Gasteiger partial charge in [-0.2, -0.15) is 0 Å². The van der Waals surface area contributed by atoms with Gasteiger partial charge in [0, 0.05) is 25.5 Å². The molecule has 70 valence electrons. The van der Waals surface area contributed by atoms with Gasteiger partial charge in [-0.15, -0.1) is 0 Å². The van der Waals surface area contributed by atoms with E-state index in [1.807, 2.05) is 12.1 Å². The molecule has 0 amide bonds. The maximum atomic E-state index is 10.2.